The number of hydrogen-bond acceptors (Lipinski definition) is 10. The molecule has 1 fully saturated rings. The van der Waals surface area contributed by atoms with Crippen LogP contribution >= 0.6 is 22.6 Å². The van der Waals surface area contributed by atoms with Crippen molar-refractivity contribution in [3.05, 3.63) is 128 Å². The fourth-order valence-corrected chi connectivity index (χ4v) is 4.74. The average Bonchev–Trinajstić information content (AvgIpc) is 3.34. The van der Waals surface area contributed by atoms with Gasteiger partial charge in [-0.1, -0.05) is 54.6 Å². The number of ether oxygens (including phenoxy) is 4. The standard InChI is InChI=1S/C30H24IN3O8/c31-21-16-34(30(38)33-25(21)32)26-24(42-29(37)20-14-8-3-9-15-20)23(41-28(36)19-12-6-2-7-13-19)22(40-26)17-39-27(35)18-10-4-1-5-11-18/h1-16,22-24,26H,17H2,(H2,32,33,38)/t22-,23-,24-,26-/m1/s1. The van der Waals surface area contributed by atoms with Crippen LogP contribution in [0.5, 0.6) is 0 Å². The summed E-state index contributed by atoms with van der Waals surface area (Å²) in [4.78, 5) is 55.9. The number of carbonyl (C=O) groups is 3. The molecule has 0 spiro atoms. The number of nitrogens with zero attached hydrogens (tertiary/aromatic N) is 2. The van der Waals surface area contributed by atoms with E-state index in [-0.39, 0.29) is 23.6 Å². The first-order chi connectivity index (χ1) is 20.3. The molecule has 0 radical (unpaired) electrons. The predicted octanol–water partition coefficient (Wildman–Crippen LogP) is 3.64. The Balaban J connectivity index is 1.51. The second-order valence-electron chi connectivity index (χ2n) is 9.17. The number of rotatable bonds is 8. The van der Waals surface area contributed by atoms with E-state index in [4.69, 9.17) is 24.7 Å². The van der Waals surface area contributed by atoms with Gasteiger partial charge < -0.3 is 24.7 Å². The van der Waals surface area contributed by atoms with Gasteiger partial charge in [-0.25, -0.2) is 19.2 Å². The van der Waals surface area contributed by atoms with E-state index in [2.05, 4.69) is 4.98 Å². The molecule has 2 heterocycles. The third-order valence-corrected chi connectivity index (χ3v) is 7.22. The Bertz CT molecular complexity index is 1630. The molecule has 12 heteroatoms. The van der Waals surface area contributed by atoms with Gasteiger partial charge in [-0.15, -0.1) is 0 Å². The normalized spacial score (nSPS) is 19.5. The van der Waals surface area contributed by atoms with E-state index >= 15 is 0 Å². The summed E-state index contributed by atoms with van der Waals surface area (Å²) in [6.07, 6.45) is -3.68. The summed E-state index contributed by atoms with van der Waals surface area (Å²) in [6, 6.07) is 24.6. The molecule has 11 nitrogen and oxygen atoms in total. The SMILES string of the molecule is Nc1nc(=O)n([C@@H]2O[C@H](COC(=O)c3ccccc3)[C@@H](OC(=O)c3ccccc3)[C@H]2OC(=O)c2ccccc2)cc1I. The lowest BCUT2D eigenvalue weighted by Crippen LogP contribution is -2.42. The quantitative estimate of drug-likeness (QED) is 0.166. The number of aromatic nitrogens is 2. The molecule has 4 atom stereocenters. The molecule has 4 aromatic rings. The fraction of sp³-hybridized carbons (Fsp3) is 0.167. The molecular formula is C30H24IN3O8. The number of halogens is 1. The monoisotopic (exact) mass is 681 g/mol. The molecule has 1 aromatic heterocycles. The smallest absolute Gasteiger partial charge is 0.351 e. The van der Waals surface area contributed by atoms with Crippen molar-refractivity contribution in [2.24, 2.45) is 0 Å². The zero-order chi connectivity index (χ0) is 29.6. The van der Waals surface area contributed by atoms with Gasteiger partial charge in [0.2, 0.25) is 0 Å². The lowest BCUT2D eigenvalue weighted by Gasteiger charge is -2.25. The fourth-order valence-electron chi connectivity index (χ4n) is 4.32. The van der Waals surface area contributed by atoms with Gasteiger partial charge in [0, 0.05) is 6.20 Å². The molecule has 1 aliphatic rings. The summed E-state index contributed by atoms with van der Waals surface area (Å²) in [5.74, 6) is -2.12. The minimum Gasteiger partial charge on any atom is -0.459 e. The summed E-state index contributed by atoms with van der Waals surface area (Å²) in [5, 5.41) is 0. The lowest BCUT2D eigenvalue weighted by molar-refractivity contribution is -0.0640. The molecule has 42 heavy (non-hydrogen) atoms. The summed E-state index contributed by atoms with van der Waals surface area (Å²) < 4.78 is 24.9. The van der Waals surface area contributed by atoms with Crippen LogP contribution in [-0.4, -0.2) is 52.4 Å². The van der Waals surface area contributed by atoms with Gasteiger partial charge >= 0.3 is 23.6 Å². The maximum Gasteiger partial charge on any atom is 0.351 e. The molecule has 0 amide bonds. The van der Waals surface area contributed by atoms with E-state index < -0.39 is 48.1 Å². The second kappa shape index (κ2) is 13.0. The minimum atomic E-state index is -1.34. The zero-order valence-electron chi connectivity index (χ0n) is 21.9. The Morgan fingerprint density at radius 3 is 1.79 bits per heavy atom. The minimum absolute atomic E-state index is 0.00748. The number of anilines is 1. The third kappa shape index (κ3) is 6.50. The Labute approximate surface area is 253 Å². The number of carbonyl (C=O) groups excluding carboxylic acids is 3. The van der Waals surface area contributed by atoms with Crippen LogP contribution in [0, 0.1) is 3.57 Å². The highest BCUT2D eigenvalue weighted by Crippen LogP contribution is 2.35. The van der Waals surface area contributed by atoms with Gasteiger partial charge in [-0.05, 0) is 59.0 Å². The first kappa shape index (κ1) is 29.0. The molecule has 0 aliphatic carbocycles. The molecule has 0 unspecified atom stereocenters. The van der Waals surface area contributed by atoms with Gasteiger partial charge in [0.1, 0.15) is 18.5 Å². The topological polar surface area (TPSA) is 149 Å². The highest BCUT2D eigenvalue weighted by molar-refractivity contribution is 14.1. The van der Waals surface area contributed by atoms with Crippen molar-refractivity contribution in [2.45, 2.75) is 24.5 Å². The third-order valence-electron chi connectivity index (χ3n) is 6.39. The molecule has 1 saturated heterocycles. The van der Waals surface area contributed by atoms with Crippen LogP contribution < -0.4 is 11.4 Å². The van der Waals surface area contributed by atoms with Crippen molar-refractivity contribution in [2.75, 3.05) is 12.3 Å². The van der Waals surface area contributed by atoms with Crippen LogP contribution in [0.2, 0.25) is 0 Å². The van der Waals surface area contributed by atoms with Gasteiger partial charge in [0.05, 0.1) is 20.3 Å². The van der Waals surface area contributed by atoms with Crippen LogP contribution in [0.3, 0.4) is 0 Å². The molecule has 1 aliphatic heterocycles. The maximum absolute atomic E-state index is 13.2. The number of nitrogens with two attached hydrogens (primary N) is 1. The Kier molecular flexibility index (Phi) is 8.93. The Hall–Kier alpha value is -4.56. The molecule has 2 N–H and O–H groups in total. The van der Waals surface area contributed by atoms with Crippen LogP contribution in [-0.2, 0) is 18.9 Å². The Morgan fingerprint density at radius 2 is 1.26 bits per heavy atom. The van der Waals surface area contributed by atoms with E-state index in [1.54, 1.807) is 91.0 Å². The van der Waals surface area contributed by atoms with E-state index in [1.165, 1.54) is 6.20 Å². The van der Waals surface area contributed by atoms with Crippen molar-refractivity contribution >= 4 is 46.3 Å². The molecule has 5 rings (SSSR count). The summed E-state index contributed by atoms with van der Waals surface area (Å²) in [7, 11) is 0. The second-order valence-corrected chi connectivity index (χ2v) is 10.3. The first-order valence-corrected chi connectivity index (χ1v) is 13.8. The first-order valence-electron chi connectivity index (χ1n) is 12.8. The zero-order valence-corrected chi connectivity index (χ0v) is 24.0. The van der Waals surface area contributed by atoms with Gasteiger partial charge in [0.15, 0.2) is 18.4 Å². The predicted molar refractivity (Wildman–Crippen MR) is 158 cm³/mol. The van der Waals surface area contributed by atoms with Gasteiger partial charge in [0.25, 0.3) is 0 Å². The van der Waals surface area contributed by atoms with E-state index in [0.29, 0.717) is 9.13 Å². The number of benzene rings is 3. The van der Waals surface area contributed by atoms with Crippen molar-refractivity contribution < 1.29 is 33.3 Å². The van der Waals surface area contributed by atoms with Crippen LogP contribution in [0.1, 0.15) is 37.3 Å². The number of nitrogen functional groups attached to an aromatic ring is 1. The molecular weight excluding hydrogens is 657 g/mol. The maximum atomic E-state index is 13.2. The number of esters is 3. The molecule has 0 bridgehead atoms. The van der Waals surface area contributed by atoms with Crippen molar-refractivity contribution in [3.8, 4) is 0 Å². The largest absolute Gasteiger partial charge is 0.459 e. The molecule has 0 saturated carbocycles. The van der Waals surface area contributed by atoms with Crippen LogP contribution in [0.4, 0.5) is 5.82 Å². The van der Waals surface area contributed by atoms with Crippen molar-refractivity contribution in [3.63, 3.8) is 0 Å². The van der Waals surface area contributed by atoms with E-state index in [9.17, 15) is 19.2 Å². The highest BCUT2D eigenvalue weighted by atomic mass is 127. The van der Waals surface area contributed by atoms with E-state index in [0.717, 1.165) is 4.57 Å². The molecule has 3 aromatic carbocycles. The van der Waals surface area contributed by atoms with Crippen molar-refractivity contribution in [1.29, 1.82) is 0 Å². The van der Waals surface area contributed by atoms with E-state index in [1.807, 2.05) is 22.6 Å². The summed E-state index contributed by atoms with van der Waals surface area (Å²) in [5.41, 5.74) is 5.78. The Morgan fingerprint density at radius 1 is 0.786 bits per heavy atom. The number of hydrogen-bond donors (Lipinski definition) is 1. The van der Waals surface area contributed by atoms with Crippen molar-refractivity contribution in [1.82, 2.24) is 9.55 Å². The summed E-state index contributed by atoms with van der Waals surface area (Å²) in [6.45, 7) is -0.384. The molecule has 214 valence electrons. The lowest BCUT2D eigenvalue weighted by atomic mass is 10.1. The average molecular weight is 681 g/mol. The van der Waals surface area contributed by atoms with Crippen LogP contribution in [0.25, 0.3) is 0 Å². The van der Waals surface area contributed by atoms with Crippen LogP contribution in [0.15, 0.2) is 102 Å². The summed E-state index contributed by atoms with van der Waals surface area (Å²) >= 11 is 1.90. The highest BCUT2D eigenvalue weighted by Gasteiger charge is 2.51. The van der Waals surface area contributed by atoms with Gasteiger partial charge in [-0.2, -0.15) is 4.98 Å². The van der Waals surface area contributed by atoms with Gasteiger partial charge in [-0.3, -0.25) is 4.57 Å².